The monoisotopic (exact) mass is 351 g/mol. The Labute approximate surface area is 143 Å². The predicted octanol–water partition coefficient (Wildman–Crippen LogP) is 3.52. The van der Waals surface area contributed by atoms with Crippen LogP contribution in [-0.2, 0) is 17.6 Å². The van der Waals surface area contributed by atoms with Crippen molar-refractivity contribution in [3.63, 3.8) is 0 Å². The second-order valence-corrected chi connectivity index (χ2v) is 6.82. The molecule has 6 nitrogen and oxygen atoms in total. The van der Waals surface area contributed by atoms with Gasteiger partial charge in [0.25, 0.3) is 0 Å². The van der Waals surface area contributed by atoms with Crippen molar-refractivity contribution in [3.8, 4) is 0 Å². The van der Waals surface area contributed by atoms with Crippen LogP contribution in [0.3, 0.4) is 0 Å². The summed E-state index contributed by atoms with van der Waals surface area (Å²) in [5.74, 6) is 0.894. The minimum Gasteiger partial charge on any atom is -0.465 e. The second-order valence-electron chi connectivity index (χ2n) is 5.31. The highest BCUT2D eigenvalue weighted by atomic mass is 32.1. The Morgan fingerprint density at radius 1 is 1.39 bits per heavy atom. The summed E-state index contributed by atoms with van der Waals surface area (Å²) in [6, 6.07) is 1.74. The summed E-state index contributed by atoms with van der Waals surface area (Å²) in [5.41, 5.74) is 1.70. The zero-order chi connectivity index (χ0) is 16.4. The molecule has 23 heavy (non-hydrogen) atoms. The van der Waals surface area contributed by atoms with Crippen LogP contribution >= 0.6 is 23.6 Å². The fraction of sp³-hybridized carbons (Fsp3) is 0.400. The minimum atomic E-state index is -0.327. The van der Waals surface area contributed by atoms with Gasteiger partial charge in [-0.3, -0.25) is 0 Å². The second kappa shape index (κ2) is 6.67. The first-order valence-electron chi connectivity index (χ1n) is 7.32. The molecule has 0 fully saturated rings. The molecule has 2 N–H and O–H groups in total. The molecule has 0 aliphatic heterocycles. The molecule has 2 heterocycles. The molecular formula is C15H17N3O3S2. The highest BCUT2D eigenvalue weighted by Gasteiger charge is 2.26. The third-order valence-corrected chi connectivity index (χ3v) is 5.07. The minimum absolute atomic E-state index is 0.327. The number of fused-ring (bicyclic) bond motifs is 1. The van der Waals surface area contributed by atoms with Crippen LogP contribution in [0, 0.1) is 6.92 Å². The maximum absolute atomic E-state index is 12.2. The van der Waals surface area contributed by atoms with Crippen LogP contribution in [0.2, 0.25) is 0 Å². The van der Waals surface area contributed by atoms with Crippen molar-refractivity contribution < 1.29 is 14.1 Å². The van der Waals surface area contributed by atoms with E-state index in [0.717, 1.165) is 36.2 Å². The number of thiocarbonyl (C=S) groups is 1. The van der Waals surface area contributed by atoms with Crippen LogP contribution in [0.4, 0.5) is 10.8 Å². The van der Waals surface area contributed by atoms with E-state index >= 15 is 0 Å². The number of hydrogen-bond donors (Lipinski definition) is 2. The van der Waals surface area contributed by atoms with E-state index in [2.05, 4.69) is 15.8 Å². The molecular weight excluding hydrogens is 334 g/mol. The topological polar surface area (TPSA) is 76.4 Å². The Morgan fingerprint density at radius 3 is 2.87 bits per heavy atom. The molecule has 0 amide bonds. The Balaban J connectivity index is 1.82. The molecule has 0 radical (unpaired) electrons. The maximum atomic E-state index is 12.2. The van der Waals surface area contributed by atoms with Gasteiger partial charge in [-0.2, -0.15) is 0 Å². The lowest BCUT2D eigenvalue weighted by Gasteiger charge is -2.12. The Kier molecular flexibility index (Phi) is 4.63. The van der Waals surface area contributed by atoms with E-state index in [1.165, 1.54) is 12.0 Å². The summed E-state index contributed by atoms with van der Waals surface area (Å²) in [7, 11) is 1.40. The summed E-state index contributed by atoms with van der Waals surface area (Å²) >= 11 is 6.87. The largest absolute Gasteiger partial charge is 0.465 e. The van der Waals surface area contributed by atoms with Gasteiger partial charge in [-0.25, -0.2) is 4.79 Å². The number of methoxy groups -OCH3 is 1. The van der Waals surface area contributed by atoms with Gasteiger partial charge in [-0.15, -0.1) is 11.3 Å². The van der Waals surface area contributed by atoms with E-state index < -0.39 is 0 Å². The third kappa shape index (κ3) is 3.37. The number of nitrogens with zero attached hydrogens (tertiary/aromatic N) is 1. The summed E-state index contributed by atoms with van der Waals surface area (Å²) in [4.78, 5) is 13.4. The van der Waals surface area contributed by atoms with E-state index in [-0.39, 0.29) is 5.97 Å². The molecule has 1 aliphatic rings. The number of ether oxygens (including phenoxy) is 1. The lowest BCUT2D eigenvalue weighted by atomic mass is 9.95. The number of aryl methyl sites for hydroxylation is 2. The molecule has 0 spiro atoms. The Morgan fingerprint density at radius 2 is 2.17 bits per heavy atom. The summed E-state index contributed by atoms with van der Waals surface area (Å²) < 4.78 is 9.93. The Bertz CT molecular complexity index is 751. The molecule has 2 aromatic heterocycles. The number of thiophene rings is 1. The number of carbonyl (C=O) groups excluding carboxylic acids is 1. The van der Waals surface area contributed by atoms with Crippen LogP contribution < -0.4 is 10.6 Å². The molecule has 0 atom stereocenters. The zero-order valence-corrected chi connectivity index (χ0v) is 14.5. The SMILES string of the molecule is COC(=O)c1c(NC(=S)Nc2cc(C)on2)sc2c1CCCC2. The van der Waals surface area contributed by atoms with Gasteiger partial charge in [0.15, 0.2) is 10.9 Å². The van der Waals surface area contributed by atoms with Gasteiger partial charge in [0.05, 0.1) is 12.7 Å². The summed E-state index contributed by atoms with van der Waals surface area (Å²) in [6.45, 7) is 1.80. The lowest BCUT2D eigenvalue weighted by Crippen LogP contribution is -2.20. The van der Waals surface area contributed by atoms with Crippen molar-refractivity contribution in [2.75, 3.05) is 17.7 Å². The van der Waals surface area contributed by atoms with Gasteiger partial charge in [0, 0.05) is 10.9 Å². The fourth-order valence-electron chi connectivity index (χ4n) is 2.65. The molecule has 8 heteroatoms. The van der Waals surface area contributed by atoms with E-state index in [0.29, 0.717) is 22.3 Å². The van der Waals surface area contributed by atoms with Gasteiger partial charge >= 0.3 is 5.97 Å². The van der Waals surface area contributed by atoms with Crippen LogP contribution in [0.25, 0.3) is 0 Å². The molecule has 122 valence electrons. The Hall–Kier alpha value is -1.93. The van der Waals surface area contributed by atoms with Gasteiger partial charge in [-0.1, -0.05) is 5.16 Å². The van der Waals surface area contributed by atoms with Gasteiger partial charge < -0.3 is 19.9 Å². The first kappa shape index (κ1) is 15.9. The quantitative estimate of drug-likeness (QED) is 0.647. The number of esters is 1. The number of hydrogen-bond acceptors (Lipinski definition) is 6. The molecule has 0 bridgehead atoms. The summed E-state index contributed by atoms with van der Waals surface area (Å²) in [5, 5.41) is 11.0. The average molecular weight is 351 g/mol. The first-order valence-corrected chi connectivity index (χ1v) is 8.55. The fourth-order valence-corrected chi connectivity index (χ4v) is 4.20. The number of rotatable bonds is 3. The number of anilines is 2. The van der Waals surface area contributed by atoms with Crippen molar-refractivity contribution in [1.82, 2.24) is 5.16 Å². The van der Waals surface area contributed by atoms with Gasteiger partial charge in [0.1, 0.15) is 10.8 Å². The molecule has 3 rings (SSSR count). The molecule has 0 saturated heterocycles. The van der Waals surface area contributed by atoms with E-state index in [1.54, 1.807) is 24.3 Å². The van der Waals surface area contributed by atoms with Crippen LogP contribution in [0.15, 0.2) is 10.6 Å². The van der Waals surface area contributed by atoms with Gasteiger partial charge in [0.2, 0.25) is 0 Å². The van der Waals surface area contributed by atoms with Crippen molar-refractivity contribution in [2.24, 2.45) is 0 Å². The highest BCUT2D eigenvalue weighted by molar-refractivity contribution is 7.80. The average Bonchev–Trinajstić information content (AvgIpc) is 3.09. The van der Waals surface area contributed by atoms with Crippen LogP contribution in [-0.4, -0.2) is 23.3 Å². The molecule has 1 aliphatic carbocycles. The van der Waals surface area contributed by atoms with E-state index in [1.807, 2.05) is 0 Å². The number of carbonyl (C=O) groups is 1. The number of nitrogens with one attached hydrogen (secondary N) is 2. The van der Waals surface area contributed by atoms with Crippen molar-refractivity contribution in [3.05, 3.63) is 27.8 Å². The van der Waals surface area contributed by atoms with Crippen LogP contribution in [0.1, 0.15) is 39.4 Å². The van der Waals surface area contributed by atoms with Crippen molar-refractivity contribution in [1.29, 1.82) is 0 Å². The van der Waals surface area contributed by atoms with E-state index in [4.69, 9.17) is 21.5 Å². The highest BCUT2D eigenvalue weighted by Crippen LogP contribution is 2.38. The zero-order valence-electron chi connectivity index (χ0n) is 12.9. The first-order chi connectivity index (χ1) is 11.1. The maximum Gasteiger partial charge on any atom is 0.341 e. The smallest absolute Gasteiger partial charge is 0.341 e. The standard InChI is InChI=1S/C15H17N3O3S2/c1-8-7-11(18-21-8)16-15(22)17-13-12(14(19)20-2)9-5-3-4-6-10(9)23-13/h7H,3-6H2,1-2H3,(H2,16,17,18,22). The molecule has 0 unspecified atom stereocenters. The van der Waals surface area contributed by atoms with Crippen molar-refractivity contribution >= 4 is 45.5 Å². The third-order valence-electron chi connectivity index (χ3n) is 3.66. The predicted molar refractivity (Wildman–Crippen MR) is 93.4 cm³/mol. The normalized spacial score (nSPS) is 13.3. The lowest BCUT2D eigenvalue weighted by molar-refractivity contribution is 0.0601. The van der Waals surface area contributed by atoms with E-state index in [9.17, 15) is 4.79 Å². The number of aromatic nitrogens is 1. The molecule has 0 saturated carbocycles. The van der Waals surface area contributed by atoms with Crippen molar-refractivity contribution in [2.45, 2.75) is 32.6 Å². The molecule has 0 aromatic carbocycles. The summed E-state index contributed by atoms with van der Waals surface area (Å²) in [6.07, 6.45) is 4.14. The van der Waals surface area contributed by atoms with Gasteiger partial charge in [-0.05, 0) is 50.4 Å². The van der Waals surface area contributed by atoms with Crippen LogP contribution in [0.5, 0.6) is 0 Å². The molecule has 2 aromatic rings.